The summed E-state index contributed by atoms with van der Waals surface area (Å²) in [7, 11) is -3.73. The Morgan fingerprint density at radius 3 is 2.81 bits per heavy atom. The molecular formula is C12H14BrNO4S3. The van der Waals surface area contributed by atoms with Gasteiger partial charge in [-0.05, 0) is 34.1 Å². The summed E-state index contributed by atoms with van der Waals surface area (Å²) in [5, 5.41) is 9.21. The number of hydrogen-bond donors (Lipinski definition) is 2. The minimum Gasteiger partial charge on any atom is -0.478 e. The lowest BCUT2D eigenvalue weighted by atomic mass is 10.2. The van der Waals surface area contributed by atoms with E-state index in [-0.39, 0.29) is 15.7 Å². The maximum absolute atomic E-state index is 12.3. The monoisotopic (exact) mass is 411 g/mol. The molecule has 0 bridgehead atoms. The van der Waals surface area contributed by atoms with Crippen molar-refractivity contribution in [3.05, 3.63) is 28.2 Å². The van der Waals surface area contributed by atoms with E-state index >= 15 is 0 Å². The molecule has 0 spiro atoms. The third-order valence-electron chi connectivity index (χ3n) is 2.85. The zero-order valence-corrected chi connectivity index (χ0v) is 14.9. The first kappa shape index (κ1) is 17.1. The third-order valence-corrected chi connectivity index (χ3v) is 8.12. The molecule has 1 aliphatic heterocycles. The van der Waals surface area contributed by atoms with Crippen LogP contribution in [0.3, 0.4) is 0 Å². The van der Waals surface area contributed by atoms with Crippen LogP contribution in [0.4, 0.5) is 0 Å². The van der Waals surface area contributed by atoms with Crippen molar-refractivity contribution in [3.63, 3.8) is 0 Å². The molecule has 1 atom stereocenters. The van der Waals surface area contributed by atoms with Gasteiger partial charge in [-0.2, -0.15) is 23.5 Å². The van der Waals surface area contributed by atoms with E-state index in [0.717, 1.165) is 23.3 Å². The lowest BCUT2D eigenvalue weighted by molar-refractivity contribution is 0.0696. The molecular weight excluding hydrogens is 398 g/mol. The first-order chi connectivity index (χ1) is 9.90. The summed E-state index contributed by atoms with van der Waals surface area (Å²) in [6.07, 6.45) is 0. The maximum atomic E-state index is 12.3. The number of carboxylic acid groups (broad SMARTS) is 1. The lowest BCUT2D eigenvalue weighted by Gasteiger charge is -2.21. The summed E-state index contributed by atoms with van der Waals surface area (Å²) in [6.45, 7) is 0.351. The van der Waals surface area contributed by atoms with Crippen LogP contribution in [-0.4, -0.2) is 48.5 Å². The van der Waals surface area contributed by atoms with Crippen LogP contribution in [0.25, 0.3) is 0 Å². The summed E-state index contributed by atoms with van der Waals surface area (Å²) in [4.78, 5) is 10.9. The van der Waals surface area contributed by atoms with Gasteiger partial charge in [0.1, 0.15) is 0 Å². The Morgan fingerprint density at radius 2 is 2.19 bits per heavy atom. The van der Waals surface area contributed by atoms with E-state index in [1.54, 1.807) is 11.8 Å². The number of carbonyl (C=O) groups is 1. The molecule has 0 amide bonds. The van der Waals surface area contributed by atoms with Gasteiger partial charge in [-0.1, -0.05) is 0 Å². The molecule has 1 heterocycles. The van der Waals surface area contributed by atoms with Crippen molar-refractivity contribution in [2.24, 2.45) is 0 Å². The van der Waals surface area contributed by atoms with Gasteiger partial charge in [-0.3, -0.25) is 0 Å². The van der Waals surface area contributed by atoms with Gasteiger partial charge in [0.05, 0.1) is 10.5 Å². The lowest BCUT2D eigenvalue weighted by Crippen LogP contribution is -2.33. The number of carboxylic acids is 1. The van der Waals surface area contributed by atoms with Gasteiger partial charge >= 0.3 is 5.97 Å². The second-order valence-electron chi connectivity index (χ2n) is 4.37. The molecule has 0 aliphatic carbocycles. The molecule has 2 rings (SSSR count). The molecule has 2 N–H and O–H groups in total. The smallest absolute Gasteiger partial charge is 0.335 e. The van der Waals surface area contributed by atoms with E-state index in [1.807, 2.05) is 11.8 Å². The van der Waals surface area contributed by atoms with Gasteiger partial charge in [0, 0.05) is 33.5 Å². The minimum atomic E-state index is -3.73. The van der Waals surface area contributed by atoms with E-state index < -0.39 is 16.0 Å². The van der Waals surface area contributed by atoms with Crippen LogP contribution in [0.5, 0.6) is 0 Å². The first-order valence-corrected chi connectivity index (χ1v) is 10.6. The molecule has 0 saturated carbocycles. The van der Waals surface area contributed by atoms with Crippen LogP contribution >= 0.6 is 39.5 Å². The number of thioether (sulfide) groups is 2. The Balaban J connectivity index is 2.14. The summed E-state index contributed by atoms with van der Waals surface area (Å²) < 4.78 is 27.6. The van der Waals surface area contributed by atoms with Crippen LogP contribution in [0.1, 0.15) is 10.4 Å². The largest absolute Gasteiger partial charge is 0.478 e. The van der Waals surface area contributed by atoms with Crippen molar-refractivity contribution in [2.75, 3.05) is 23.8 Å². The van der Waals surface area contributed by atoms with Crippen LogP contribution in [0.15, 0.2) is 27.6 Å². The van der Waals surface area contributed by atoms with Gasteiger partial charge in [0.15, 0.2) is 0 Å². The standard InChI is InChI=1S/C12H14BrNO4S3/c13-10-2-1-8(12(15)16)5-11(10)21(17,18)14-6-9-7-19-3-4-20-9/h1-2,5,9,14H,3-4,6-7H2,(H,15,16). The zero-order valence-electron chi connectivity index (χ0n) is 10.9. The molecule has 1 aliphatic rings. The number of sulfonamides is 1. The Morgan fingerprint density at radius 1 is 1.43 bits per heavy atom. The van der Waals surface area contributed by atoms with E-state index in [9.17, 15) is 13.2 Å². The van der Waals surface area contributed by atoms with E-state index in [0.29, 0.717) is 11.0 Å². The van der Waals surface area contributed by atoms with E-state index in [1.165, 1.54) is 12.1 Å². The van der Waals surface area contributed by atoms with Gasteiger partial charge in [-0.15, -0.1) is 0 Å². The molecule has 1 fully saturated rings. The number of nitrogens with one attached hydrogen (secondary N) is 1. The van der Waals surface area contributed by atoms with Crippen molar-refractivity contribution in [2.45, 2.75) is 10.1 Å². The fourth-order valence-corrected chi connectivity index (χ4v) is 6.56. The topological polar surface area (TPSA) is 83.5 Å². The average Bonchev–Trinajstić information content (AvgIpc) is 2.46. The first-order valence-electron chi connectivity index (χ1n) is 6.12. The Kier molecular flexibility index (Phi) is 6.01. The summed E-state index contributed by atoms with van der Waals surface area (Å²) >= 11 is 6.73. The number of halogens is 1. The Labute approximate surface area is 140 Å². The summed E-state index contributed by atoms with van der Waals surface area (Å²) in [6, 6.07) is 3.96. The third kappa shape index (κ3) is 4.62. The summed E-state index contributed by atoms with van der Waals surface area (Å²) in [5.74, 6) is 1.89. The van der Waals surface area contributed by atoms with Gasteiger partial charge < -0.3 is 5.11 Å². The second kappa shape index (κ2) is 7.36. The number of aromatic carboxylic acids is 1. The predicted molar refractivity (Wildman–Crippen MR) is 89.9 cm³/mol. The second-order valence-corrected chi connectivity index (χ2v) is 9.52. The van der Waals surface area contributed by atoms with Gasteiger partial charge in [0.25, 0.3) is 0 Å². The van der Waals surface area contributed by atoms with Crippen molar-refractivity contribution >= 4 is 55.4 Å². The molecule has 21 heavy (non-hydrogen) atoms. The fourth-order valence-electron chi connectivity index (χ4n) is 1.78. The van der Waals surface area contributed by atoms with Gasteiger partial charge in [-0.25, -0.2) is 17.9 Å². The normalized spacial score (nSPS) is 19.4. The molecule has 116 valence electrons. The fraction of sp³-hybridized carbons (Fsp3) is 0.417. The molecule has 9 heteroatoms. The average molecular weight is 412 g/mol. The number of rotatable bonds is 5. The number of hydrogen-bond acceptors (Lipinski definition) is 5. The Hall–Kier alpha value is -0.220. The van der Waals surface area contributed by atoms with E-state index in [4.69, 9.17) is 5.11 Å². The molecule has 1 aromatic carbocycles. The zero-order chi connectivity index (χ0) is 15.5. The quantitative estimate of drug-likeness (QED) is 0.772. The maximum Gasteiger partial charge on any atom is 0.335 e. The van der Waals surface area contributed by atoms with Crippen molar-refractivity contribution < 1.29 is 18.3 Å². The molecule has 5 nitrogen and oxygen atoms in total. The SMILES string of the molecule is O=C(O)c1ccc(Br)c(S(=O)(=O)NCC2CSCCS2)c1. The molecule has 1 unspecified atom stereocenters. The van der Waals surface area contributed by atoms with Crippen molar-refractivity contribution in [3.8, 4) is 0 Å². The van der Waals surface area contributed by atoms with Crippen LogP contribution in [0.2, 0.25) is 0 Å². The molecule has 0 radical (unpaired) electrons. The highest BCUT2D eigenvalue weighted by atomic mass is 79.9. The molecule has 1 aromatic rings. The van der Waals surface area contributed by atoms with Crippen LogP contribution < -0.4 is 4.72 Å². The van der Waals surface area contributed by atoms with Crippen molar-refractivity contribution in [1.29, 1.82) is 0 Å². The van der Waals surface area contributed by atoms with Gasteiger partial charge in [0.2, 0.25) is 10.0 Å². The molecule has 0 aromatic heterocycles. The summed E-state index contributed by atoms with van der Waals surface area (Å²) in [5.41, 5.74) is -0.0545. The van der Waals surface area contributed by atoms with Crippen LogP contribution in [-0.2, 0) is 10.0 Å². The number of benzene rings is 1. The highest BCUT2D eigenvalue weighted by Gasteiger charge is 2.22. The highest BCUT2D eigenvalue weighted by Crippen LogP contribution is 2.26. The highest BCUT2D eigenvalue weighted by molar-refractivity contribution is 9.10. The predicted octanol–water partition coefficient (Wildman–Crippen LogP) is 2.27. The van der Waals surface area contributed by atoms with E-state index in [2.05, 4.69) is 20.7 Å². The van der Waals surface area contributed by atoms with Crippen molar-refractivity contribution in [1.82, 2.24) is 4.72 Å². The minimum absolute atomic E-state index is 0.0455. The molecule has 1 saturated heterocycles. The van der Waals surface area contributed by atoms with Crippen LogP contribution in [0, 0.1) is 0 Å². The Bertz CT molecular complexity index is 629.